The van der Waals surface area contributed by atoms with Gasteiger partial charge in [0.25, 0.3) is 0 Å². The van der Waals surface area contributed by atoms with Crippen LogP contribution in [-0.2, 0) is 16.8 Å². The van der Waals surface area contributed by atoms with E-state index < -0.39 is 5.97 Å². The Labute approximate surface area is 231 Å². The summed E-state index contributed by atoms with van der Waals surface area (Å²) in [5, 5.41) is 9.44. The van der Waals surface area contributed by atoms with Gasteiger partial charge < -0.3 is 14.6 Å². The van der Waals surface area contributed by atoms with Crippen LogP contribution in [0.1, 0.15) is 62.8 Å². The zero-order valence-electron chi connectivity index (χ0n) is 22.2. The van der Waals surface area contributed by atoms with E-state index in [4.69, 9.17) is 9.47 Å². The molecule has 4 aromatic carbocycles. The number of benzene rings is 4. The number of hydrogen-bond donors (Lipinski definition) is 1. The van der Waals surface area contributed by atoms with Gasteiger partial charge in [-0.05, 0) is 69.6 Å². The van der Waals surface area contributed by atoms with Gasteiger partial charge in [0.1, 0.15) is 23.9 Å². The van der Waals surface area contributed by atoms with Crippen molar-refractivity contribution in [2.24, 2.45) is 0 Å². The van der Waals surface area contributed by atoms with Crippen LogP contribution in [0.4, 0.5) is 4.39 Å². The van der Waals surface area contributed by atoms with Crippen molar-refractivity contribution in [2.45, 2.75) is 52.6 Å². The lowest BCUT2D eigenvalue weighted by molar-refractivity contribution is -0.137. The van der Waals surface area contributed by atoms with E-state index in [9.17, 15) is 14.3 Å². The van der Waals surface area contributed by atoms with Gasteiger partial charge >= 0.3 is 5.97 Å². The SMILES string of the molecule is C.COc1ccc(F)c(-c2cc(COc3ccc([C@H](CC(=O)O)c4ccccc4)cc3)ccc2C(C)(C)C)c1. The van der Waals surface area contributed by atoms with E-state index in [1.807, 2.05) is 72.8 Å². The molecule has 4 rings (SSSR count). The molecule has 0 spiro atoms. The zero-order valence-corrected chi connectivity index (χ0v) is 22.2. The molecule has 0 fully saturated rings. The van der Waals surface area contributed by atoms with Crippen molar-refractivity contribution in [2.75, 3.05) is 7.11 Å². The number of hydrogen-bond acceptors (Lipinski definition) is 3. The van der Waals surface area contributed by atoms with E-state index in [1.54, 1.807) is 19.2 Å². The lowest BCUT2D eigenvalue weighted by Gasteiger charge is -2.24. The molecule has 0 radical (unpaired) electrons. The van der Waals surface area contributed by atoms with Crippen molar-refractivity contribution < 1.29 is 23.8 Å². The van der Waals surface area contributed by atoms with Crippen molar-refractivity contribution in [3.63, 3.8) is 0 Å². The highest BCUT2D eigenvalue weighted by Gasteiger charge is 2.22. The summed E-state index contributed by atoms with van der Waals surface area (Å²) in [6, 6.07) is 28.0. The Hall–Kier alpha value is -4.12. The normalized spacial score (nSPS) is 11.8. The molecule has 0 aromatic heterocycles. The summed E-state index contributed by atoms with van der Waals surface area (Å²) in [6.07, 6.45) is 0.00789. The van der Waals surface area contributed by atoms with Crippen LogP contribution in [0.3, 0.4) is 0 Å². The number of aliphatic carboxylic acids is 1. The van der Waals surface area contributed by atoms with Gasteiger partial charge in [-0.15, -0.1) is 0 Å². The lowest BCUT2D eigenvalue weighted by atomic mass is 9.81. The molecule has 0 unspecified atom stereocenters. The predicted molar refractivity (Wildman–Crippen MR) is 155 cm³/mol. The van der Waals surface area contributed by atoms with Crippen LogP contribution in [0.25, 0.3) is 11.1 Å². The summed E-state index contributed by atoms with van der Waals surface area (Å²) >= 11 is 0. The molecule has 0 bridgehead atoms. The van der Waals surface area contributed by atoms with Crippen LogP contribution in [0, 0.1) is 5.82 Å². The van der Waals surface area contributed by atoms with Crippen LogP contribution in [0.5, 0.6) is 11.5 Å². The van der Waals surface area contributed by atoms with E-state index in [0.717, 1.165) is 27.8 Å². The molecule has 204 valence electrons. The first-order valence-electron chi connectivity index (χ1n) is 12.6. The number of carbonyl (C=O) groups is 1. The lowest BCUT2D eigenvalue weighted by Crippen LogP contribution is -2.13. The number of halogens is 1. The summed E-state index contributed by atoms with van der Waals surface area (Å²) in [5.41, 5.74) is 4.92. The van der Waals surface area contributed by atoms with Crippen LogP contribution in [0.15, 0.2) is 91.0 Å². The fourth-order valence-corrected chi connectivity index (χ4v) is 4.65. The summed E-state index contributed by atoms with van der Waals surface area (Å²) in [4.78, 5) is 11.5. The van der Waals surface area contributed by atoms with Crippen LogP contribution in [-0.4, -0.2) is 18.2 Å². The maximum absolute atomic E-state index is 14.9. The average Bonchev–Trinajstić information content (AvgIpc) is 2.91. The van der Waals surface area contributed by atoms with Crippen molar-refractivity contribution in [3.05, 3.63) is 119 Å². The number of methoxy groups -OCH3 is 1. The molecule has 39 heavy (non-hydrogen) atoms. The molecule has 0 saturated heterocycles. The Morgan fingerprint density at radius 1 is 0.846 bits per heavy atom. The Balaban J connectivity index is 0.00000420. The number of carboxylic acid groups (broad SMARTS) is 1. The van der Waals surface area contributed by atoms with Gasteiger partial charge in [-0.25, -0.2) is 4.39 Å². The van der Waals surface area contributed by atoms with Gasteiger partial charge in [-0.3, -0.25) is 4.79 Å². The molecule has 0 aliphatic rings. The first-order chi connectivity index (χ1) is 18.2. The van der Waals surface area contributed by atoms with Gasteiger partial charge in [-0.2, -0.15) is 0 Å². The minimum Gasteiger partial charge on any atom is -0.497 e. The molecular formula is C34H37FO4. The van der Waals surface area contributed by atoms with Gasteiger partial charge in [0.2, 0.25) is 0 Å². The summed E-state index contributed by atoms with van der Waals surface area (Å²) < 4.78 is 26.3. The van der Waals surface area contributed by atoms with E-state index in [-0.39, 0.29) is 31.0 Å². The number of rotatable bonds is 9. The highest BCUT2D eigenvalue weighted by Crippen LogP contribution is 2.37. The molecule has 1 atom stereocenters. The smallest absolute Gasteiger partial charge is 0.304 e. The zero-order chi connectivity index (χ0) is 27.3. The third kappa shape index (κ3) is 7.26. The van der Waals surface area contributed by atoms with Crippen molar-refractivity contribution >= 4 is 5.97 Å². The standard InChI is InChI=1S/C33H33FO4.CH4/c1-33(2,3)30-16-10-22(18-28(30)29-19-26(37-4)15-17-31(29)34)21-38-25-13-11-24(12-14-25)27(20-32(35)36)23-8-6-5-7-9-23;/h5-19,27H,20-21H2,1-4H3,(H,35,36);1H4/t27-;/m1./s1. The highest BCUT2D eigenvalue weighted by molar-refractivity contribution is 5.71. The van der Waals surface area contributed by atoms with Crippen LogP contribution >= 0.6 is 0 Å². The summed E-state index contributed by atoms with van der Waals surface area (Å²) in [5.74, 6) is -0.127. The predicted octanol–water partition coefficient (Wildman–Crippen LogP) is 8.62. The topological polar surface area (TPSA) is 55.8 Å². The summed E-state index contributed by atoms with van der Waals surface area (Å²) in [7, 11) is 1.57. The van der Waals surface area contributed by atoms with E-state index in [0.29, 0.717) is 23.7 Å². The van der Waals surface area contributed by atoms with E-state index >= 15 is 0 Å². The van der Waals surface area contributed by atoms with Crippen molar-refractivity contribution in [1.29, 1.82) is 0 Å². The quantitative estimate of drug-likeness (QED) is 0.236. The van der Waals surface area contributed by atoms with Crippen molar-refractivity contribution in [3.8, 4) is 22.6 Å². The largest absolute Gasteiger partial charge is 0.497 e. The molecule has 4 aromatic rings. The van der Waals surface area contributed by atoms with Gasteiger partial charge in [0, 0.05) is 11.5 Å². The minimum atomic E-state index is -0.846. The fraction of sp³-hybridized carbons (Fsp3) is 0.265. The van der Waals surface area contributed by atoms with Crippen LogP contribution in [0.2, 0.25) is 0 Å². The maximum atomic E-state index is 14.9. The Bertz CT molecular complexity index is 1390. The second-order valence-corrected chi connectivity index (χ2v) is 10.4. The molecule has 5 heteroatoms. The number of ether oxygens (including phenoxy) is 2. The summed E-state index contributed by atoms with van der Waals surface area (Å²) in [6.45, 7) is 6.62. The number of carboxylic acids is 1. The molecule has 0 aliphatic carbocycles. The third-order valence-corrected chi connectivity index (χ3v) is 6.62. The van der Waals surface area contributed by atoms with Crippen LogP contribution < -0.4 is 9.47 Å². The Morgan fingerprint density at radius 2 is 1.49 bits per heavy atom. The Morgan fingerprint density at radius 3 is 2.10 bits per heavy atom. The molecule has 0 saturated carbocycles. The van der Waals surface area contributed by atoms with Crippen molar-refractivity contribution in [1.82, 2.24) is 0 Å². The average molecular weight is 529 g/mol. The van der Waals surface area contributed by atoms with E-state index in [2.05, 4.69) is 20.8 Å². The first kappa shape index (κ1) is 29.4. The van der Waals surface area contributed by atoms with Gasteiger partial charge in [0.15, 0.2) is 0 Å². The minimum absolute atomic E-state index is 0. The molecule has 0 aliphatic heterocycles. The molecule has 4 nitrogen and oxygen atoms in total. The molecular weight excluding hydrogens is 491 g/mol. The van der Waals surface area contributed by atoms with Gasteiger partial charge in [-0.1, -0.05) is 82.8 Å². The molecule has 0 heterocycles. The third-order valence-electron chi connectivity index (χ3n) is 6.62. The monoisotopic (exact) mass is 528 g/mol. The molecule has 0 amide bonds. The van der Waals surface area contributed by atoms with Gasteiger partial charge in [0.05, 0.1) is 13.5 Å². The maximum Gasteiger partial charge on any atom is 0.304 e. The molecule has 1 N–H and O–H groups in total. The fourth-order valence-electron chi connectivity index (χ4n) is 4.65. The highest BCUT2D eigenvalue weighted by atomic mass is 19.1. The second kappa shape index (κ2) is 12.6. The van der Waals surface area contributed by atoms with E-state index in [1.165, 1.54) is 6.07 Å². The second-order valence-electron chi connectivity index (χ2n) is 10.4. The first-order valence-corrected chi connectivity index (χ1v) is 12.6. The Kier molecular flexibility index (Phi) is 9.52.